The fourth-order valence-corrected chi connectivity index (χ4v) is 3.57. The van der Waals surface area contributed by atoms with Crippen LogP contribution in [0.2, 0.25) is 0 Å². The molecule has 1 saturated heterocycles. The molecule has 0 saturated carbocycles. The number of nitrogens with zero attached hydrogens (tertiary/aromatic N) is 3. The number of piperidine rings is 1. The molecule has 1 aromatic carbocycles. The Bertz CT molecular complexity index is 751. The van der Waals surface area contributed by atoms with Crippen molar-refractivity contribution in [1.82, 2.24) is 20.0 Å². The molecular weight excluding hydrogens is 307 g/mol. The zero-order valence-electron chi connectivity index (χ0n) is 13.5. The van der Waals surface area contributed by atoms with Crippen LogP contribution in [0.25, 0.3) is 0 Å². The fraction of sp³-hybridized carbons (Fsp3) is 0.444. The van der Waals surface area contributed by atoms with E-state index in [0.717, 1.165) is 37.1 Å². The number of carbonyl (C=O) groups excluding carboxylic acids is 1. The van der Waals surface area contributed by atoms with E-state index in [0.29, 0.717) is 31.2 Å². The molecule has 1 atom stereocenters. The first-order valence-corrected chi connectivity index (χ1v) is 8.53. The van der Waals surface area contributed by atoms with Crippen molar-refractivity contribution in [2.75, 3.05) is 19.6 Å². The highest BCUT2D eigenvalue weighted by Crippen LogP contribution is 2.22. The summed E-state index contributed by atoms with van der Waals surface area (Å²) in [5, 5.41) is 7.87. The van der Waals surface area contributed by atoms with Gasteiger partial charge in [-0.3, -0.25) is 9.48 Å². The molecule has 24 heavy (non-hydrogen) atoms. The molecule has 1 unspecified atom stereocenters. The van der Waals surface area contributed by atoms with Crippen LogP contribution in [0.3, 0.4) is 0 Å². The van der Waals surface area contributed by atoms with Crippen molar-refractivity contribution < 1.29 is 9.18 Å². The third-order valence-electron chi connectivity index (χ3n) is 4.94. The number of hydrogen-bond donors (Lipinski definition) is 1. The van der Waals surface area contributed by atoms with Gasteiger partial charge in [0.1, 0.15) is 11.5 Å². The van der Waals surface area contributed by atoms with Crippen LogP contribution in [0.5, 0.6) is 0 Å². The lowest BCUT2D eigenvalue weighted by Crippen LogP contribution is -2.36. The van der Waals surface area contributed by atoms with Crippen molar-refractivity contribution in [3.05, 3.63) is 53.1 Å². The molecule has 4 rings (SSSR count). The van der Waals surface area contributed by atoms with E-state index in [9.17, 15) is 9.18 Å². The summed E-state index contributed by atoms with van der Waals surface area (Å²) in [6, 6.07) is 6.93. The minimum atomic E-state index is -0.214. The third kappa shape index (κ3) is 2.94. The van der Waals surface area contributed by atoms with Gasteiger partial charge in [0.05, 0.1) is 6.04 Å². The van der Waals surface area contributed by atoms with Crippen molar-refractivity contribution in [2.24, 2.45) is 0 Å². The SMILES string of the molecule is O=C(c1ccn(C2CCCNC2)n1)N1CCc2cc(F)ccc2C1. The highest BCUT2D eigenvalue weighted by molar-refractivity contribution is 5.92. The normalized spacial score (nSPS) is 20.7. The lowest BCUT2D eigenvalue weighted by atomic mass is 9.99. The number of hydrogen-bond acceptors (Lipinski definition) is 3. The fourth-order valence-electron chi connectivity index (χ4n) is 3.57. The molecule has 2 aromatic rings. The Morgan fingerprint density at radius 1 is 1.29 bits per heavy atom. The number of amides is 1. The van der Waals surface area contributed by atoms with Gasteiger partial charge < -0.3 is 10.2 Å². The summed E-state index contributed by atoms with van der Waals surface area (Å²) in [6.07, 6.45) is 4.81. The second-order valence-electron chi connectivity index (χ2n) is 6.57. The van der Waals surface area contributed by atoms with E-state index in [2.05, 4.69) is 10.4 Å². The Hall–Kier alpha value is -2.21. The molecule has 0 aliphatic carbocycles. The topological polar surface area (TPSA) is 50.2 Å². The number of halogens is 1. The molecule has 1 fully saturated rings. The van der Waals surface area contributed by atoms with Gasteiger partial charge >= 0.3 is 0 Å². The Balaban J connectivity index is 1.48. The summed E-state index contributed by atoms with van der Waals surface area (Å²) in [7, 11) is 0. The van der Waals surface area contributed by atoms with Crippen molar-refractivity contribution in [2.45, 2.75) is 31.8 Å². The number of carbonyl (C=O) groups is 1. The van der Waals surface area contributed by atoms with Gasteiger partial charge in [-0.05, 0) is 55.1 Å². The van der Waals surface area contributed by atoms with Gasteiger partial charge in [-0.2, -0.15) is 5.10 Å². The van der Waals surface area contributed by atoms with Crippen LogP contribution < -0.4 is 5.32 Å². The first-order chi connectivity index (χ1) is 11.7. The maximum atomic E-state index is 13.3. The van der Waals surface area contributed by atoms with Crippen molar-refractivity contribution >= 4 is 5.91 Å². The largest absolute Gasteiger partial charge is 0.333 e. The van der Waals surface area contributed by atoms with E-state index in [4.69, 9.17) is 0 Å². The van der Waals surface area contributed by atoms with Gasteiger partial charge in [-0.25, -0.2) is 4.39 Å². The summed E-state index contributed by atoms with van der Waals surface area (Å²) < 4.78 is 15.2. The van der Waals surface area contributed by atoms with Crippen molar-refractivity contribution in [1.29, 1.82) is 0 Å². The molecule has 0 spiro atoms. The first kappa shape index (κ1) is 15.3. The van der Waals surface area contributed by atoms with E-state index in [1.54, 1.807) is 23.1 Å². The average molecular weight is 328 g/mol. The van der Waals surface area contributed by atoms with E-state index in [-0.39, 0.29) is 11.7 Å². The third-order valence-corrected chi connectivity index (χ3v) is 4.94. The minimum absolute atomic E-state index is 0.0486. The molecule has 3 heterocycles. The molecule has 1 aromatic heterocycles. The van der Waals surface area contributed by atoms with Crippen LogP contribution in [0.4, 0.5) is 4.39 Å². The summed E-state index contributed by atoms with van der Waals surface area (Å²) in [5.74, 6) is -0.263. The average Bonchev–Trinajstić information content (AvgIpc) is 3.11. The van der Waals surface area contributed by atoms with Crippen LogP contribution in [-0.4, -0.2) is 40.2 Å². The first-order valence-electron chi connectivity index (χ1n) is 8.53. The van der Waals surface area contributed by atoms with Gasteiger partial charge in [0.25, 0.3) is 5.91 Å². The smallest absolute Gasteiger partial charge is 0.274 e. The minimum Gasteiger partial charge on any atom is -0.333 e. The Morgan fingerprint density at radius 2 is 2.21 bits per heavy atom. The summed E-state index contributed by atoms with van der Waals surface area (Å²) in [4.78, 5) is 14.5. The second kappa shape index (κ2) is 6.36. The van der Waals surface area contributed by atoms with Gasteiger partial charge in [0.2, 0.25) is 0 Å². The molecule has 6 heteroatoms. The Morgan fingerprint density at radius 3 is 3.04 bits per heavy atom. The van der Waals surface area contributed by atoms with Crippen molar-refractivity contribution in [3.63, 3.8) is 0 Å². The summed E-state index contributed by atoms with van der Waals surface area (Å²) in [5.41, 5.74) is 2.51. The van der Waals surface area contributed by atoms with Crippen LogP contribution >= 0.6 is 0 Å². The number of aromatic nitrogens is 2. The number of benzene rings is 1. The zero-order chi connectivity index (χ0) is 16.5. The standard InChI is InChI=1S/C18H21FN4O/c19-15-4-3-14-12-22(8-5-13(14)10-15)18(24)17-6-9-23(21-17)16-2-1-7-20-11-16/h3-4,6,9-10,16,20H,1-2,5,7-8,11-12H2. The Labute approximate surface area is 140 Å². The van der Waals surface area contributed by atoms with Crippen molar-refractivity contribution in [3.8, 4) is 0 Å². The highest BCUT2D eigenvalue weighted by atomic mass is 19.1. The predicted molar refractivity (Wildman–Crippen MR) is 88.2 cm³/mol. The number of nitrogens with one attached hydrogen (secondary N) is 1. The number of rotatable bonds is 2. The second-order valence-corrected chi connectivity index (χ2v) is 6.57. The molecular formula is C18H21FN4O. The summed E-state index contributed by atoms with van der Waals surface area (Å²) in [6.45, 7) is 3.08. The molecule has 126 valence electrons. The van der Waals surface area contributed by atoms with E-state index in [1.807, 2.05) is 10.9 Å². The van der Waals surface area contributed by atoms with Gasteiger partial charge in [-0.15, -0.1) is 0 Å². The van der Waals surface area contributed by atoms with E-state index < -0.39 is 0 Å². The Kier molecular flexibility index (Phi) is 4.06. The van der Waals surface area contributed by atoms with Gasteiger partial charge in [0.15, 0.2) is 0 Å². The van der Waals surface area contributed by atoms with Crippen LogP contribution in [-0.2, 0) is 13.0 Å². The van der Waals surface area contributed by atoms with Crippen LogP contribution in [0.15, 0.2) is 30.5 Å². The zero-order valence-corrected chi connectivity index (χ0v) is 13.5. The predicted octanol–water partition coefficient (Wildman–Crippen LogP) is 2.15. The maximum Gasteiger partial charge on any atom is 0.274 e. The highest BCUT2D eigenvalue weighted by Gasteiger charge is 2.24. The maximum absolute atomic E-state index is 13.3. The molecule has 2 aliphatic heterocycles. The molecule has 1 amide bonds. The van der Waals surface area contributed by atoms with Crippen LogP contribution in [0.1, 0.15) is 40.5 Å². The van der Waals surface area contributed by atoms with Crippen LogP contribution in [0, 0.1) is 5.82 Å². The molecule has 1 N–H and O–H groups in total. The lowest BCUT2D eigenvalue weighted by molar-refractivity contribution is 0.0727. The van der Waals surface area contributed by atoms with Gasteiger partial charge in [-0.1, -0.05) is 6.07 Å². The molecule has 0 radical (unpaired) electrons. The van der Waals surface area contributed by atoms with E-state index in [1.165, 1.54) is 6.07 Å². The summed E-state index contributed by atoms with van der Waals surface area (Å²) >= 11 is 0. The molecule has 5 nitrogen and oxygen atoms in total. The quantitative estimate of drug-likeness (QED) is 0.919. The van der Waals surface area contributed by atoms with Gasteiger partial charge in [0, 0.05) is 25.8 Å². The molecule has 2 aliphatic rings. The van der Waals surface area contributed by atoms with E-state index >= 15 is 0 Å². The number of fused-ring (bicyclic) bond motifs is 1. The molecule has 0 bridgehead atoms. The monoisotopic (exact) mass is 328 g/mol. The lowest BCUT2D eigenvalue weighted by Gasteiger charge is -2.28.